The van der Waals surface area contributed by atoms with Gasteiger partial charge in [-0.25, -0.2) is 4.98 Å². The van der Waals surface area contributed by atoms with Crippen molar-refractivity contribution in [2.24, 2.45) is 0 Å². The summed E-state index contributed by atoms with van der Waals surface area (Å²) >= 11 is 17.5. The first-order valence-electron chi connectivity index (χ1n) is 5.03. The molecule has 0 saturated heterocycles. The molecule has 0 atom stereocenters. The molecule has 1 aromatic carbocycles. The van der Waals surface area contributed by atoms with Crippen molar-refractivity contribution >= 4 is 34.8 Å². The van der Waals surface area contributed by atoms with Crippen LogP contribution in [-0.2, 0) is 0 Å². The summed E-state index contributed by atoms with van der Waals surface area (Å²) < 4.78 is 28.3. The number of rotatable bonds is 3. The van der Waals surface area contributed by atoms with Gasteiger partial charge in [-0.2, -0.15) is 8.78 Å². The minimum absolute atomic E-state index is 0.0103. The molecule has 2 aromatic rings. The monoisotopic (exact) mass is 323 g/mol. The SMILES string of the molecule is FC(F)Oc1ncc(-c2ccc(Cl)c(Cl)c2)cc1Cl. The molecule has 0 spiro atoms. The number of ether oxygens (including phenoxy) is 1. The van der Waals surface area contributed by atoms with Gasteiger partial charge in [-0.1, -0.05) is 40.9 Å². The Kier molecular flexibility index (Phi) is 4.45. The zero-order valence-corrected chi connectivity index (χ0v) is 11.5. The molecule has 0 aliphatic heterocycles. The van der Waals surface area contributed by atoms with E-state index < -0.39 is 6.61 Å². The fourth-order valence-electron chi connectivity index (χ4n) is 1.43. The predicted octanol–water partition coefficient (Wildman–Crippen LogP) is 5.31. The van der Waals surface area contributed by atoms with Crippen LogP contribution in [-0.4, -0.2) is 11.6 Å². The van der Waals surface area contributed by atoms with Crippen LogP contribution >= 0.6 is 34.8 Å². The molecule has 0 aliphatic rings. The number of hydrogen-bond donors (Lipinski definition) is 0. The molecule has 0 N–H and O–H groups in total. The van der Waals surface area contributed by atoms with Gasteiger partial charge in [-0.3, -0.25) is 0 Å². The van der Waals surface area contributed by atoms with Crippen molar-refractivity contribution in [2.45, 2.75) is 6.61 Å². The number of aromatic nitrogens is 1. The molecule has 7 heteroatoms. The summed E-state index contributed by atoms with van der Waals surface area (Å²) in [6, 6.07) is 6.43. The van der Waals surface area contributed by atoms with Gasteiger partial charge < -0.3 is 4.74 Å². The van der Waals surface area contributed by atoms with Crippen LogP contribution in [0.1, 0.15) is 0 Å². The topological polar surface area (TPSA) is 22.1 Å². The standard InChI is InChI=1S/C12H6Cl3F2NO/c13-8-2-1-6(3-9(8)14)7-4-10(15)11(18-5-7)19-12(16)17/h1-5,12H. The quantitative estimate of drug-likeness (QED) is 0.763. The van der Waals surface area contributed by atoms with Crippen molar-refractivity contribution in [3.8, 4) is 17.0 Å². The average molecular weight is 325 g/mol. The van der Waals surface area contributed by atoms with E-state index in [-0.39, 0.29) is 10.9 Å². The highest BCUT2D eigenvalue weighted by Gasteiger charge is 2.11. The van der Waals surface area contributed by atoms with Crippen LogP contribution < -0.4 is 4.74 Å². The average Bonchev–Trinajstić information content (AvgIpc) is 2.35. The number of alkyl halides is 2. The van der Waals surface area contributed by atoms with Crippen LogP contribution in [0.15, 0.2) is 30.5 Å². The molecule has 0 radical (unpaired) electrons. The van der Waals surface area contributed by atoms with E-state index in [4.69, 9.17) is 34.8 Å². The number of halogens is 5. The van der Waals surface area contributed by atoms with Crippen LogP contribution in [0.3, 0.4) is 0 Å². The predicted molar refractivity (Wildman–Crippen MR) is 71.3 cm³/mol. The van der Waals surface area contributed by atoms with Gasteiger partial charge in [0.2, 0.25) is 5.88 Å². The first-order chi connectivity index (χ1) is 8.97. The lowest BCUT2D eigenvalue weighted by atomic mass is 10.1. The number of nitrogens with zero attached hydrogens (tertiary/aromatic N) is 1. The van der Waals surface area contributed by atoms with Gasteiger partial charge in [0.15, 0.2) is 0 Å². The Morgan fingerprint density at radius 2 is 1.63 bits per heavy atom. The van der Waals surface area contributed by atoms with Gasteiger partial charge in [-0.05, 0) is 23.8 Å². The second-order valence-corrected chi connectivity index (χ2v) is 4.74. The fraction of sp³-hybridized carbons (Fsp3) is 0.0833. The molecule has 2 rings (SSSR count). The van der Waals surface area contributed by atoms with E-state index in [9.17, 15) is 8.78 Å². The maximum atomic E-state index is 12.1. The zero-order valence-electron chi connectivity index (χ0n) is 9.21. The second-order valence-electron chi connectivity index (χ2n) is 3.52. The van der Waals surface area contributed by atoms with E-state index in [1.807, 2.05) is 0 Å². The molecule has 0 unspecified atom stereocenters. The van der Waals surface area contributed by atoms with Gasteiger partial charge in [0, 0.05) is 11.8 Å². The number of hydrogen-bond acceptors (Lipinski definition) is 2. The molecule has 100 valence electrons. The lowest BCUT2D eigenvalue weighted by Crippen LogP contribution is -2.04. The molecule has 0 saturated carbocycles. The molecular weight excluding hydrogens is 318 g/mol. The van der Waals surface area contributed by atoms with E-state index in [0.29, 0.717) is 21.2 Å². The number of benzene rings is 1. The van der Waals surface area contributed by atoms with Crippen LogP contribution in [0.2, 0.25) is 15.1 Å². The molecule has 0 fully saturated rings. The summed E-state index contributed by atoms with van der Waals surface area (Å²) in [5, 5.41) is 0.786. The van der Waals surface area contributed by atoms with Gasteiger partial charge in [-0.15, -0.1) is 0 Å². The van der Waals surface area contributed by atoms with Crippen LogP contribution in [0.4, 0.5) is 8.78 Å². The summed E-state index contributed by atoms with van der Waals surface area (Å²) in [4.78, 5) is 3.74. The lowest BCUT2D eigenvalue weighted by molar-refractivity contribution is -0.0527. The van der Waals surface area contributed by atoms with Gasteiger partial charge in [0.1, 0.15) is 5.02 Å². The van der Waals surface area contributed by atoms with Crippen molar-refractivity contribution in [3.63, 3.8) is 0 Å². The minimum Gasteiger partial charge on any atom is -0.415 e. The first kappa shape index (κ1) is 14.3. The Hall–Kier alpha value is -1.10. The Morgan fingerprint density at radius 1 is 0.947 bits per heavy atom. The maximum Gasteiger partial charge on any atom is 0.388 e. The molecule has 2 nitrogen and oxygen atoms in total. The first-order valence-corrected chi connectivity index (χ1v) is 6.16. The lowest BCUT2D eigenvalue weighted by Gasteiger charge is -2.08. The summed E-state index contributed by atoms with van der Waals surface area (Å²) in [6.07, 6.45) is 1.36. The Morgan fingerprint density at radius 3 is 2.21 bits per heavy atom. The van der Waals surface area contributed by atoms with Crippen molar-refractivity contribution in [1.29, 1.82) is 0 Å². The van der Waals surface area contributed by atoms with Gasteiger partial charge in [0.25, 0.3) is 0 Å². The van der Waals surface area contributed by atoms with E-state index in [1.54, 1.807) is 18.2 Å². The zero-order chi connectivity index (χ0) is 14.0. The van der Waals surface area contributed by atoms with Crippen LogP contribution in [0.25, 0.3) is 11.1 Å². The smallest absolute Gasteiger partial charge is 0.388 e. The molecule has 0 bridgehead atoms. The summed E-state index contributed by atoms with van der Waals surface area (Å²) in [6.45, 7) is -2.97. The highest BCUT2D eigenvalue weighted by molar-refractivity contribution is 6.42. The Labute approximate surface area is 122 Å². The van der Waals surface area contributed by atoms with Gasteiger partial charge >= 0.3 is 6.61 Å². The summed E-state index contributed by atoms with van der Waals surface area (Å²) in [5.41, 5.74) is 1.33. The third-order valence-corrected chi connectivity index (χ3v) is 3.27. The molecule has 0 aliphatic carbocycles. The number of pyridine rings is 1. The Balaban J connectivity index is 2.36. The van der Waals surface area contributed by atoms with Crippen molar-refractivity contribution in [2.75, 3.05) is 0 Å². The highest BCUT2D eigenvalue weighted by Crippen LogP contribution is 2.32. The highest BCUT2D eigenvalue weighted by atomic mass is 35.5. The van der Waals surface area contributed by atoms with Gasteiger partial charge in [0.05, 0.1) is 10.0 Å². The van der Waals surface area contributed by atoms with Crippen molar-refractivity contribution in [1.82, 2.24) is 4.98 Å². The van der Waals surface area contributed by atoms with E-state index in [0.717, 1.165) is 0 Å². The Bertz CT molecular complexity index is 608. The summed E-state index contributed by atoms with van der Waals surface area (Å²) in [7, 11) is 0. The summed E-state index contributed by atoms with van der Waals surface area (Å²) in [5.74, 6) is -0.319. The minimum atomic E-state index is -2.97. The van der Waals surface area contributed by atoms with E-state index in [1.165, 1.54) is 12.3 Å². The molecule has 0 amide bonds. The van der Waals surface area contributed by atoms with Crippen molar-refractivity contribution < 1.29 is 13.5 Å². The molecule has 1 heterocycles. The molecular formula is C12H6Cl3F2NO. The van der Waals surface area contributed by atoms with E-state index in [2.05, 4.69) is 9.72 Å². The van der Waals surface area contributed by atoms with Crippen LogP contribution in [0.5, 0.6) is 5.88 Å². The van der Waals surface area contributed by atoms with Crippen LogP contribution in [0, 0.1) is 0 Å². The van der Waals surface area contributed by atoms with Crippen molar-refractivity contribution in [3.05, 3.63) is 45.5 Å². The molecule has 19 heavy (non-hydrogen) atoms. The molecule has 1 aromatic heterocycles. The largest absolute Gasteiger partial charge is 0.415 e. The fourth-order valence-corrected chi connectivity index (χ4v) is 1.94. The third-order valence-electron chi connectivity index (χ3n) is 2.26. The maximum absolute atomic E-state index is 12.1. The van der Waals surface area contributed by atoms with E-state index >= 15 is 0 Å². The second kappa shape index (κ2) is 5.90. The normalized spacial score (nSPS) is 10.8. The third kappa shape index (κ3) is 3.47.